The fraction of sp³-hybridized carbons (Fsp3) is 0.222. The maximum Gasteiger partial charge on any atom is 0.252 e. The number of hydrazone groups is 1. The highest BCUT2D eigenvalue weighted by Gasteiger charge is 2.21. The smallest absolute Gasteiger partial charge is 0.252 e. The van der Waals surface area contributed by atoms with E-state index in [2.05, 4.69) is 5.10 Å². The molecule has 0 N–H and O–H groups in total. The first-order chi connectivity index (χ1) is 11.2. The van der Waals surface area contributed by atoms with E-state index in [0.29, 0.717) is 12.3 Å². The number of hydrogen-bond acceptors (Lipinski definition) is 3. The van der Waals surface area contributed by atoms with Crippen molar-refractivity contribution in [3.8, 4) is 0 Å². The summed E-state index contributed by atoms with van der Waals surface area (Å²) in [6, 6.07) is 17.7. The van der Waals surface area contributed by atoms with Gasteiger partial charge in [0.2, 0.25) is 0 Å². The molecule has 0 fully saturated rings. The molecule has 2 aromatic rings. The van der Waals surface area contributed by atoms with Crippen molar-refractivity contribution in [3.05, 3.63) is 70.7 Å². The van der Waals surface area contributed by atoms with Crippen molar-refractivity contribution in [1.82, 2.24) is 5.01 Å². The molecule has 0 saturated heterocycles. The van der Waals surface area contributed by atoms with Gasteiger partial charge in [0, 0.05) is 17.2 Å². The van der Waals surface area contributed by atoms with Gasteiger partial charge in [-0.1, -0.05) is 54.1 Å². The van der Waals surface area contributed by atoms with Crippen LogP contribution in [0.2, 0.25) is 5.02 Å². The van der Waals surface area contributed by atoms with Crippen LogP contribution in [0.1, 0.15) is 17.5 Å². The van der Waals surface area contributed by atoms with Crippen LogP contribution < -0.4 is 0 Å². The number of nitrogens with zero attached hydrogens (tertiary/aromatic N) is 2. The maximum atomic E-state index is 12.3. The molecule has 0 saturated carbocycles. The molecule has 0 spiro atoms. The van der Waals surface area contributed by atoms with E-state index in [4.69, 9.17) is 11.6 Å². The minimum absolute atomic E-state index is 0.0583. The minimum Gasteiger partial charge on any atom is -0.272 e. The Morgan fingerprint density at radius 3 is 2.78 bits per heavy atom. The van der Waals surface area contributed by atoms with Crippen molar-refractivity contribution in [1.29, 1.82) is 0 Å². The zero-order valence-electron chi connectivity index (χ0n) is 12.6. The molecule has 0 aliphatic carbocycles. The normalized spacial score (nSPS) is 14.0. The second-order valence-electron chi connectivity index (χ2n) is 5.30. The molecule has 2 aromatic carbocycles. The van der Waals surface area contributed by atoms with Crippen LogP contribution in [0.3, 0.4) is 0 Å². The largest absolute Gasteiger partial charge is 0.272 e. The van der Waals surface area contributed by atoms with E-state index in [1.807, 2.05) is 54.6 Å². The van der Waals surface area contributed by atoms with E-state index in [-0.39, 0.29) is 5.91 Å². The number of rotatable bonds is 5. The molecule has 0 bridgehead atoms. The average Bonchev–Trinajstić information content (AvgIpc) is 3.06. The first kappa shape index (κ1) is 16.1. The molecule has 1 amide bonds. The summed E-state index contributed by atoms with van der Waals surface area (Å²) in [5.74, 6) is 1.26. The standard InChI is InChI=1S/C18H17ClN2OS/c19-16-8-4-5-14(11-16)12-23-13-18(22)21-10-9-17(20-21)15-6-2-1-3-7-15/h1-8,11H,9-10,12-13H2. The van der Waals surface area contributed by atoms with Gasteiger partial charge in [-0.25, -0.2) is 5.01 Å². The lowest BCUT2D eigenvalue weighted by molar-refractivity contribution is -0.127. The number of benzene rings is 2. The van der Waals surface area contributed by atoms with E-state index in [1.165, 1.54) is 0 Å². The van der Waals surface area contributed by atoms with E-state index in [1.54, 1.807) is 16.8 Å². The van der Waals surface area contributed by atoms with Crippen molar-refractivity contribution >= 4 is 35.0 Å². The lowest BCUT2D eigenvalue weighted by Gasteiger charge is -2.11. The SMILES string of the molecule is O=C(CSCc1cccc(Cl)c1)N1CCC(c2ccccc2)=N1. The molecule has 3 nitrogen and oxygen atoms in total. The molecular formula is C18H17ClN2OS. The molecule has 0 aromatic heterocycles. The van der Waals surface area contributed by atoms with Crippen LogP contribution in [0.4, 0.5) is 0 Å². The fourth-order valence-electron chi connectivity index (χ4n) is 2.43. The summed E-state index contributed by atoms with van der Waals surface area (Å²) < 4.78 is 0. The number of hydrogen-bond donors (Lipinski definition) is 0. The van der Waals surface area contributed by atoms with Crippen molar-refractivity contribution < 1.29 is 4.79 Å². The maximum absolute atomic E-state index is 12.3. The average molecular weight is 345 g/mol. The Kier molecular flexibility index (Phi) is 5.36. The zero-order valence-corrected chi connectivity index (χ0v) is 14.2. The number of thioether (sulfide) groups is 1. The number of amides is 1. The summed E-state index contributed by atoms with van der Waals surface area (Å²) in [6.45, 7) is 0.667. The van der Waals surface area contributed by atoms with E-state index in [0.717, 1.165) is 34.0 Å². The van der Waals surface area contributed by atoms with Crippen molar-refractivity contribution in [2.24, 2.45) is 5.10 Å². The van der Waals surface area contributed by atoms with Crippen molar-refractivity contribution in [2.45, 2.75) is 12.2 Å². The third-order valence-electron chi connectivity index (χ3n) is 3.58. The molecule has 1 heterocycles. The Morgan fingerprint density at radius 2 is 2.00 bits per heavy atom. The summed E-state index contributed by atoms with van der Waals surface area (Å²) in [4.78, 5) is 12.3. The van der Waals surface area contributed by atoms with Gasteiger partial charge in [-0.3, -0.25) is 4.79 Å². The lowest BCUT2D eigenvalue weighted by atomic mass is 10.1. The van der Waals surface area contributed by atoms with Crippen LogP contribution in [0.25, 0.3) is 0 Å². The van der Waals surface area contributed by atoms with Gasteiger partial charge in [0.1, 0.15) is 0 Å². The molecule has 23 heavy (non-hydrogen) atoms. The molecule has 3 rings (SSSR count). The second kappa shape index (κ2) is 7.66. The number of halogens is 1. The van der Waals surface area contributed by atoms with E-state index < -0.39 is 0 Å². The Bertz CT molecular complexity index is 718. The number of carbonyl (C=O) groups is 1. The zero-order chi connectivity index (χ0) is 16.1. The van der Waals surface area contributed by atoms with Crippen LogP contribution >= 0.6 is 23.4 Å². The predicted octanol–water partition coefficient (Wildman–Crippen LogP) is 4.21. The molecule has 1 aliphatic rings. The van der Waals surface area contributed by atoms with Gasteiger partial charge in [0.15, 0.2) is 0 Å². The lowest BCUT2D eigenvalue weighted by Crippen LogP contribution is -2.25. The van der Waals surface area contributed by atoms with E-state index in [9.17, 15) is 4.79 Å². The van der Waals surface area contributed by atoms with Gasteiger partial charge in [0.05, 0.1) is 18.0 Å². The number of carbonyl (C=O) groups excluding carboxylic acids is 1. The Balaban J connectivity index is 1.52. The first-order valence-electron chi connectivity index (χ1n) is 7.48. The van der Waals surface area contributed by atoms with Gasteiger partial charge in [-0.15, -0.1) is 11.8 Å². The summed E-state index contributed by atoms with van der Waals surface area (Å²) in [6.07, 6.45) is 0.814. The van der Waals surface area contributed by atoms with Crippen molar-refractivity contribution in [2.75, 3.05) is 12.3 Å². The fourth-order valence-corrected chi connectivity index (χ4v) is 3.48. The highest BCUT2D eigenvalue weighted by molar-refractivity contribution is 7.99. The molecule has 0 unspecified atom stereocenters. The van der Waals surface area contributed by atoms with Gasteiger partial charge < -0.3 is 0 Å². The minimum atomic E-state index is 0.0583. The molecule has 0 atom stereocenters. The Labute approximate surface area is 145 Å². The van der Waals surface area contributed by atoms with Crippen LogP contribution in [0.5, 0.6) is 0 Å². The molecular weight excluding hydrogens is 328 g/mol. The van der Waals surface area contributed by atoms with Crippen molar-refractivity contribution in [3.63, 3.8) is 0 Å². The van der Waals surface area contributed by atoms with Crippen LogP contribution in [0.15, 0.2) is 59.7 Å². The topological polar surface area (TPSA) is 32.7 Å². The summed E-state index contributed by atoms with van der Waals surface area (Å²) in [5.41, 5.74) is 3.21. The summed E-state index contributed by atoms with van der Waals surface area (Å²) >= 11 is 7.55. The Morgan fingerprint density at radius 1 is 1.17 bits per heavy atom. The molecule has 118 valence electrons. The van der Waals surface area contributed by atoms with Crippen LogP contribution in [-0.2, 0) is 10.5 Å². The third kappa shape index (κ3) is 4.36. The molecule has 0 radical (unpaired) electrons. The van der Waals surface area contributed by atoms with Crippen LogP contribution in [0, 0.1) is 0 Å². The summed E-state index contributed by atoms with van der Waals surface area (Å²) in [7, 11) is 0. The van der Waals surface area contributed by atoms with Gasteiger partial charge in [-0.05, 0) is 23.3 Å². The van der Waals surface area contributed by atoms with Crippen LogP contribution in [-0.4, -0.2) is 28.9 Å². The Hall–Kier alpha value is -1.78. The van der Waals surface area contributed by atoms with Gasteiger partial charge in [-0.2, -0.15) is 5.10 Å². The molecule has 1 aliphatic heterocycles. The third-order valence-corrected chi connectivity index (χ3v) is 4.80. The monoisotopic (exact) mass is 344 g/mol. The quantitative estimate of drug-likeness (QED) is 0.814. The summed E-state index contributed by atoms with van der Waals surface area (Å²) in [5, 5.41) is 6.78. The molecule has 5 heteroatoms. The highest BCUT2D eigenvalue weighted by atomic mass is 35.5. The van der Waals surface area contributed by atoms with Gasteiger partial charge in [0.25, 0.3) is 5.91 Å². The van der Waals surface area contributed by atoms with Gasteiger partial charge >= 0.3 is 0 Å². The second-order valence-corrected chi connectivity index (χ2v) is 6.72. The highest BCUT2D eigenvalue weighted by Crippen LogP contribution is 2.19. The first-order valence-corrected chi connectivity index (χ1v) is 9.01. The van der Waals surface area contributed by atoms with E-state index >= 15 is 0 Å². The predicted molar refractivity (Wildman–Crippen MR) is 96.9 cm³/mol.